The smallest absolute Gasteiger partial charge is 0.184 e. The van der Waals surface area contributed by atoms with E-state index >= 15 is 4.79 Å². The van der Waals surface area contributed by atoms with Crippen LogP contribution in [0.3, 0.4) is 0 Å². The Morgan fingerprint density at radius 1 is 0.909 bits per heavy atom. The molecular formula is C38H50O6. The van der Waals surface area contributed by atoms with Gasteiger partial charge in [0, 0.05) is 5.56 Å². The predicted octanol–water partition coefficient (Wildman–Crippen LogP) is 8.76. The van der Waals surface area contributed by atoms with Crippen molar-refractivity contribution in [1.82, 2.24) is 0 Å². The van der Waals surface area contributed by atoms with Crippen molar-refractivity contribution in [2.45, 2.75) is 94.4 Å². The molecule has 2 bridgehead atoms. The van der Waals surface area contributed by atoms with E-state index in [-0.39, 0.29) is 42.4 Å². The Kier molecular flexibility index (Phi) is 10.1. The van der Waals surface area contributed by atoms with E-state index in [4.69, 9.17) is 0 Å². The summed E-state index contributed by atoms with van der Waals surface area (Å²) in [5, 5.41) is 31.7. The zero-order valence-corrected chi connectivity index (χ0v) is 27.9. The van der Waals surface area contributed by atoms with Crippen molar-refractivity contribution in [2.24, 2.45) is 28.1 Å². The lowest BCUT2D eigenvalue weighted by atomic mass is 9.38. The lowest BCUT2D eigenvalue weighted by Crippen LogP contribution is -2.69. The molecule has 44 heavy (non-hydrogen) atoms. The van der Waals surface area contributed by atoms with Gasteiger partial charge in [0.25, 0.3) is 0 Å². The van der Waals surface area contributed by atoms with Crippen LogP contribution in [0.25, 0.3) is 5.76 Å². The Morgan fingerprint density at radius 3 is 2.02 bits per heavy atom. The molecular weight excluding hydrogens is 552 g/mol. The van der Waals surface area contributed by atoms with Gasteiger partial charge in [0.2, 0.25) is 0 Å². The molecule has 2 saturated carbocycles. The Labute approximate surface area is 263 Å². The number of Topliss-reactive ketones (excluding diaryl/α,β-unsaturated/α-hetero) is 3. The van der Waals surface area contributed by atoms with E-state index in [1.54, 1.807) is 0 Å². The lowest BCUT2D eigenvalue weighted by Gasteiger charge is -2.60. The largest absolute Gasteiger partial charge is 0.506 e. The van der Waals surface area contributed by atoms with Gasteiger partial charge in [-0.15, -0.1) is 0 Å². The number of aliphatic hydroxyl groups is 1. The minimum Gasteiger partial charge on any atom is -0.506 e. The van der Waals surface area contributed by atoms with Gasteiger partial charge < -0.3 is 15.3 Å². The maximum atomic E-state index is 15.2. The van der Waals surface area contributed by atoms with E-state index in [9.17, 15) is 24.9 Å². The Bertz CT molecular complexity index is 1490. The third kappa shape index (κ3) is 6.00. The van der Waals surface area contributed by atoms with E-state index < -0.39 is 50.6 Å². The number of phenols is 2. The number of rotatable bonds is 10. The van der Waals surface area contributed by atoms with Gasteiger partial charge in [-0.3, -0.25) is 14.4 Å². The molecule has 1 aromatic carbocycles. The molecule has 0 saturated heterocycles. The second kappa shape index (κ2) is 12.7. The van der Waals surface area contributed by atoms with Crippen LogP contribution in [0.5, 0.6) is 11.5 Å². The van der Waals surface area contributed by atoms with Crippen LogP contribution in [0.1, 0.15) is 100.0 Å². The Morgan fingerprint density at radius 2 is 1.50 bits per heavy atom. The number of benzene rings is 1. The molecule has 4 unspecified atom stereocenters. The number of phenolic OH excluding ortho intramolecular Hbond substituents is 2. The molecule has 0 spiro atoms. The van der Waals surface area contributed by atoms with E-state index in [1.165, 1.54) is 12.1 Å². The number of hydrogen-bond acceptors (Lipinski definition) is 6. The average molecular weight is 603 g/mol. The summed E-state index contributed by atoms with van der Waals surface area (Å²) in [7, 11) is 0. The molecule has 0 aliphatic heterocycles. The number of carbonyl (C=O) groups is 3. The van der Waals surface area contributed by atoms with Crippen molar-refractivity contribution in [3.63, 3.8) is 0 Å². The highest BCUT2D eigenvalue weighted by molar-refractivity contribution is 6.41. The first-order chi connectivity index (χ1) is 20.3. The molecule has 6 nitrogen and oxygen atoms in total. The number of aliphatic hydroxyl groups excluding tert-OH is 1. The lowest BCUT2D eigenvalue weighted by molar-refractivity contribution is -0.177. The van der Waals surface area contributed by atoms with Crippen molar-refractivity contribution >= 4 is 23.1 Å². The fourth-order valence-electron chi connectivity index (χ4n) is 7.08. The monoisotopic (exact) mass is 602 g/mol. The second-order valence-electron chi connectivity index (χ2n) is 14.3. The van der Waals surface area contributed by atoms with Crippen molar-refractivity contribution < 1.29 is 29.7 Å². The predicted molar refractivity (Wildman–Crippen MR) is 176 cm³/mol. The van der Waals surface area contributed by atoms with Crippen LogP contribution in [0.15, 0.2) is 70.9 Å². The van der Waals surface area contributed by atoms with Crippen LogP contribution >= 0.6 is 0 Å². The molecule has 2 aliphatic carbocycles. The van der Waals surface area contributed by atoms with Crippen molar-refractivity contribution in [2.75, 3.05) is 0 Å². The van der Waals surface area contributed by atoms with E-state index in [0.717, 1.165) is 28.4 Å². The second-order valence-corrected chi connectivity index (χ2v) is 14.3. The third-order valence-electron chi connectivity index (χ3n) is 10.0. The summed E-state index contributed by atoms with van der Waals surface area (Å²) in [5.74, 6) is -3.61. The van der Waals surface area contributed by atoms with Crippen LogP contribution in [0, 0.1) is 28.1 Å². The maximum absolute atomic E-state index is 15.2. The molecule has 1 aromatic rings. The van der Waals surface area contributed by atoms with Crippen LogP contribution in [-0.2, 0) is 14.4 Å². The zero-order valence-electron chi connectivity index (χ0n) is 27.9. The number of allylic oxidation sites excluding steroid dienone is 8. The minimum absolute atomic E-state index is 0.0110. The molecule has 4 atom stereocenters. The van der Waals surface area contributed by atoms with E-state index in [2.05, 4.69) is 18.7 Å². The maximum Gasteiger partial charge on any atom is 0.184 e. The quantitative estimate of drug-likeness (QED) is 0.0616. The number of fused-ring (bicyclic) bond motifs is 2. The average Bonchev–Trinajstić information content (AvgIpc) is 2.91. The van der Waals surface area contributed by atoms with Crippen molar-refractivity contribution in [1.29, 1.82) is 0 Å². The molecule has 6 heteroatoms. The van der Waals surface area contributed by atoms with Gasteiger partial charge >= 0.3 is 0 Å². The summed E-state index contributed by atoms with van der Waals surface area (Å²) in [4.78, 5) is 44.9. The van der Waals surface area contributed by atoms with E-state index in [0.29, 0.717) is 12.8 Å². The fourth-order valence-corrected chi connectivity index (χ4v) is 7.08. The molecule has 0 aromatic heterocycles. The SMILES string of the molecule is C=C(C)C(CC=C(C)C)CC12CC(CC=C(C)C)C(C)(C)C(CC=C(C)C)(C(=O)/C(=C(\O)c3ccc(O)c(O)c3)C1=O)C2=O. The highest BCUT2D eigenvalue weighted by Crippen LogP contribution is 2.66. The number of ketones is 3. The molecule has 2 aliphatic rings. The molecule has 2 fully saturated rings. The van der Waals surface area contributed by atoms with Gasteiger partial charge in [0.1, 0.15) is 16.7 Å². The van der Waals surface area contributed by atoms with Gasteiger partial charge in [-0.05, 0) is 116 Å². The molecule has 0 amide bonds. The number of aromatic hydroxyl groups is 2. The first kappa shape index (κ1) is 34.8. The number of hydrogen-bond donors (Lipinski definition) is 3. The van der Waals surface area contributed by atoms with Crippen LogP contribution < -0.4 is 0 Å². The summed E-state index contributed by atoms with van der Waals surface area (Å²) in [6.45, 7) is 21.9. The highest BCUT2D eigenvalue weighted by atomic mass is 16.3. The Balaban J connectivity index is 2.47. The summed E-state index contributed by atoms with van der Waals surface area (Å²) in [5.41, 5.74) is -0.453. The topological polar surface area (TPSA) is 112 Å². The van der Waals surface area contributed by atoms with Crippen LogP contribution in [0.4, 0.5) is 0 Å². The van der Waals surface area contributed by atoms with Gasteiger partial charge in [0.05, 0.1) is 5.41 Å². The standard InChI is InChI=1S/C38H50O6/c1-22(2)11-13-27(25(7)8)20-37-21-28(15-12-23(3)4)36(9,10)38(35(37)44,18-17-24(5)6)34(43)31(33(37)42)32(41)26-14-16-29(39)30(40)19-26/h11-12,14,16-17,19,27-28,39-41H,7,13,15,18,20-21H2,1-6,8-10H3/b32-31-. The van der Waals surface area contributed by atoms with Crippen molar-refractivity contribution in [3.8, 4) is 11.5 Å². The molecule has 3 rings (SSSR count). The zero-order chi connectivity index (χ0) is 33.4. The van der Waals surface area contributed by atoms with Crippen molar-refractivity contribution in [3.05, 3.63) is 76.4 Å². The first-order valence-corrected chi connectivity index (χ1v) is 15.5. The van der Waals surface area contributed by atoms with Crippen LogP contribution in [0.2, 0.25) is 0 Å². The molecule has 3 N–H and O–H groups in total. The summed E-state index contributed by atoms with van der Waals surface area (Å²) in [6.07, 6.45) is 7.79. The third-order valence-corrected chi connectivity index (χ3v) is 10.0. The van der Waals surface area contributed by atoms with Gasteiger partial charge in [-0.2, -0.15) is 0 Å². The van der Waals surface area contributed by atoms with Crippen LogP contribution in [-0.4, -0.2) is 32.7 Å². The summed E-state index contributed by atoms with van der Waals surface area (Å²) < 4.78 is 0. The molecule has 0 heterocycles. The van der Waals surface area contributed by atoms with Gasteiger partial charge in [0.15, 0.2) is 28.8 Å². The summed E-state index contributed by atoms with van der Waals surface area (Å²) in [6, 6.07) is 3.65. The number of carbonyl (C=O) groups excluding carboxylic acids is 3. The minimum atomic E-state index is -1.62. The molecule has 0 radical (unpaired) electrons. The van der Waals surface area contributed by atoms with Gasteiger partial charge in [-0.25, -0.2) is 0 Å². The first-order valence-electron chi connectivity index (χ1n) is 15.5. The molecule has 238 valence electrons. The van der Waals surface area contributed by atoms with E-state index in [1.807, 2.05) is 68.4 Å². The summed E-state index contributed by atoms with van der Waals surface area (Å²) >= 11 is 0. The normalized spacial score (nSPS) is 26.0. The highest BCUT2D eigenvalue weighted by Gasteiger charge is 2.74. The fraction of sp³-hybridized carbons (Fsp3) is 0.500. The Hall–Kier alpha value is -3.67. The van der Waals surface area contributed by atoms with Gasteiger partial charge in [-0.1, -0.05) is 60.9 Å².